The van der Waals surface area contributed by atoms with E-state index >= 15 is 0 Å². The molecule has 0 bridgehead atoms. The molecular weight excluding hydrogens is 388 g/mol. The highest BCUT2D eigenvalue weighted by Crippen LogP contribution is 2.36. The second kappa shape index (κ2) is 11.1. The van der Waals surface area contributed by atoms with E-state index in [4.69, 9.17) is 4.74 Å². The van der Waals surface area contributed by atoms with E-state index in [9.17, 15) is 0 Å². The average molecular weight is 423 g/mol. The summed E-state index contributed by atoms with van der Waals surface area (Å²) < 4.78 is 5.67. The Morgan fingerprint density at radius 1 is 0.688 bits per heavy atom. The van der Waals surface area contributed by atoms with Gasteiger partial charge in [0.25, 0.3) is 0 Å². The molecule has 3 aromatic rings. The average Bonchev–Trinajstić information content (AvgIpc) is 2.87. The van der Waals surface area contributed by atoms with Gasteiger partial charge < -0.3 is 4.74 Å². The highest BCUT2D eigenvalue weighted by Gasteiger charge is 2.20. The van der Waals surface area contributed by atoms with Crippen LogP contribution in [0.4, 0.5) is 0 Å². The van der Waals surface area contributed by atoms with Crippen molar-refractivity contribution < 1.29 is 4.74 Å². The van der Waals surface area contributed by atoms with Crippen LogP contribution in [0.1, 0.15) is 75.0 Å². The van der Waals surface area contributed by atoms with Crippen molar-refractivity contribution >= 4 is 0 Å². The number of ether oxygens (including phenoxy) is 1. The minimum atomic E-state index is 0.736. The number of benzene rings is 3. The first-order valence-corrected chi connectivity index (χ1v) is 12.2. The summed E-state index contributed by atoms with van der Waals surface area (Å²) >= 11 is 0. The van der Waals surface area contributed by atoms with Crippen LogP contribution in [-0.2, 0) is 0 Å². The molecule has 0 heterocycles. The molecule has 0 unspecified atom stereocenters. The van der Waals surface area contributed by atoms with Crippen molar-refractivity contribution in [3.8, 4) is 28.7 Å². The maximum atomic E-state index is 5.67. The fourth-order valence-electron chi connectivity index (χ4n) is 4.60. The van der Waals surface area contributed by atoms with E-state index in [0.717, 1.165) is 41.7 Å². The van der Waals surface area contributed by atoms with Gasteiger partial charge in [-0.3, -0.25) is 0 Å². The quantitative estimate of drug-likeness (QED) is 0.364. The van der Waals surface area contributed by atoms with Crippen molar-refractivity contribution in [2.24, 2.45) is 5.92 Å². The molecule has 0 amide bonds. The van der Waals surface area contributed by atoms with Gasteiger partial charge in [0.1, 0.15) is 5.75 Å². The van der Waals surface area contributed by atoms with E-state index in [0.29, 0.717) is 0 Å². The van der Waals surface area contributed by atoms with E-state index < -0.39 is 0 Å². The van der Waals surface area contributed by atoms with Gasteiger partial charge in [0, 0.05) is 11.1 Å². The van der Waals surface area contributed by atoms with Crippen molar-refractivity contribution in [1.82, 2.24) is 0 Å². The molecule has 1 heteroatoms. The third-order valence-corrected chi connectivity index (χ3v) is 6.70. The molecule has 1 fully saturated rings. The Morgan fingerprint density at radius 3 is 1.75 bits per heavy atom. The third-order valence-electron chi connectivity index (χ3n) is 6.70. The summed E-state index contributed by atoms with van der Waals surface area (Å²) in [5.74, 6) is 9.25. The molecule has 4 rings (SSSR count). The summed E-state index contributed by atoms with van der Waals surface area (Å²) in [6.07, 6.45) is 7.80. The molecule has 0 N–H and O–H groups in total. The summed E-state index contributed by atoms with van der Waals surface area (Å²) in [6, 6.07) is 25.7. The summed E-state index contributed by atoms with van der Waals surface area (Å²) in [5, 5.41) is 0. The number of hydrogen-bond donors (Lipinski definition) is 0. The second-order valence-electron chi connectivity index (χ2n) is 8.95. The van der Waals surface area contributed by atoms with Gasteiger partial charge in [0.15, 0.2) is 0 Å². The molecule has 1 nitrogen and oxygen atoms in total. The highest BCUT2D eigenvalue weighted by molar-refractivity contribution is 5.65. The van der Waals surface area contributed by atoms with Crippen LogP contribution in [0.15, 0.2) is 72.8 Å². The predicted molar refractivity (Wildman–Crippen MR) is 135 cm³/mol. The van der Waals surface area contributed by atoms with Crippen LogP contribution in [0.5, 0.6) is 5.75 Å². The maximum Gasteiger partial charge on any atom is 0.119 e. The van der Waals surface area contributed by atoms with Crippen LogP contribution in [0.2, 0.25) is 0 Å². The molecule has 0 aromatic heterocycles. The maximum absolute atomic E-state index is 5.67. The van der Waals surface area contributed by atoms with Gasteiger partial charge >= 0.3 is 0 Å². The highest BCUT2D eigenvalue weighted by atomic mass is 16.5. The Morgan fingerprint density at radius 2 is 1.22 bits per heavy atom. The smallest absolute Gasteiger partial charge is 0.119 e. The topological polar surface area (TPSA) is 9.23 Å². The van der Waals surface area contributed by atoms with Gasteiger partial charge in [-0.15, -0.1) is 0 Å². The molecule has 1 aliphatic rings. The van der Waals surface area contributed by atoms with E-state index in [1.165, 1.54) is 48.8 Å². The van der Waals surface area contributed by atoms with E-state index in [-0.39, 0.29) is 0 Å². The van der Waals surface area contributed by atoms with Crippen LogP contribution >= 0.6 is 0 Å². The zero-order chi connectivity index (χ0) is 22.2. The van der Waals surface area contributed by atoms with Crippen LogP contribution in [-0.4, -0.2) is 6.61 Å². The van der Waals surface area contributed by atoms with Gasteiger partial charge in [-0.05, 0) is 97.0 Å². The first-order valence-electron chi connectivity index (χ1n) is 12.2. The summed E-state index contributed by atoms with van der Waals surface area (Å²) in [7, 11) is 0. The normalized spacial score (nSPS) is 17.9. The Balaban J connectivity index is 1.36. The fraction of sp³-hybridized carbons (Fsp3) is 0.355. The van der Waals surface area contributed by atoms with E-state index in [1.807, 2.05) is 12.1 Å². The predicted octanol–water partition coefficient (Wildman–Crippen LogP) is 8.23. The van der Waals surface area contributed by atoms with Gasteiger partial charge in [-0.1, -0.05) is 68.5 Å². The first-order chi connectivity index (χ1) is 15.7. The largest absolute Gasteiger partial charge is 0.494 e. The summed E-state index contributed by atoms with van der Waals surface area (Å²) in [4.78, 5) is 0. The van der Waals surface area contributed by atoms with Crippen LogP contribution < -0.4 is 4.74 Å². The number of hydrogen-bond acceptors (Lipinski definition) is 1. The lowest BCUT2D eigenvalue weighted by Gasteiger charge is -2.28. The molecule has 3 aromatic carbocycles. The molecule has 0 aliphatic heterocycles. The van der Waals surface area contributed by atoms with Gasteiger partial charge in [-0.2, -0.15) is 0 Å². The molecule has 164 valence electrons. The van der Waals surface area contributed by atoms with Crippen molar-refractivity contribution in [2.45, 2.75) is 58.3 Å². The standard InChI is InChI=1S/C31H34O/c1-3-23-32-31-21-19-30(20-22-31)29-17-11-26(12-18-29)6-5-25-9-15-28(16-10-25)27-13-7-24(4-2)8-14-27/h9-12,15-22,24,27H,3-4,7-8,13-14,23H2,1-2H3. The van der Waals surface area contributed by atoms with Crippen LogP contribution in [0.25, 0.3) is 11.1 Å². The molecule has 1 saturated carbocycles. The van der Waals surface area contributed by atoms with Crippen molar-refractivity contribution in [3.63, 3.8) is 0 Å². The van der Waals surface area contributed by atoms with Crippen molar-refractivity contribution in [2.75, 3.05) is 6.61 Å². The monoisotopic (exact) mass is 422 g/mol. The fourth-order valence-corrected chi connectivity index (χ4v) is 4.60. The molecular formula is C31H34O. The SMILES string of the molecule is CCCOc1ccc(-c2ccc(C#Cc3ccc(C4CCC(CC)CC4)cc3)cc2)cc1. The lowest BCUT2D eigenvalue weighted by atomic mass is 9.78. The van der Waals surface area contributed by atoms with Crippen LogP contribution in [0.3, 0.4) is 0 Å². The van der Waals surface area contributed by atoms with Crippen LogP contribution in [0, 0.1) is 17.8 Å². The molecule has 0 atom stereocenters. The lowest BCUT2D eigenvalue weighted by molar-refractivity contribution is 0.317. The Hall–Kier alpha value is -2.98. The van der Waals surface area contributed by atoms with Gasteiger partial charge in [-0.25, -0.2) is 0 Å². The van der Waals surface area contributed by atoms with Gasteiger partial charge in [0.2, 0.25) is 0 Å². The third kappa shape index (κ3) is 5.83. The lowest BCUT2D eigenvalue weighted by Crippen LogP contribution is -2.12. The first kappa shape index (κ1) is 22.2. The summed E-state index contributed by atoms with van der Waals surface area (Å²) in [5.41, 5.74) is 6.00. The summed E-state index contributed by atoms with van der Waals surface area (Å²) in [6.45, 7) is 5.20. The minimum absolute atomic E-state index is 0.736. The van der Waals surface area contributed by atoms with E-state index in [2.05, 4.69) is 86.4 Å². The zero-order valence-corrected chi connectivity index (χ0v) is 19.4. The Bertz CT molecular complexity index is 1020. The Kier molecular flexibility index (Phi) is 7.68. The Labute approximate surface area is 193 Å². The zero-order valence-electron chi connectivity index (χ0n) is 19.4. The molecule has 0 radical (unpaired) electrons. The van der Waals surface area contributed by atoms with Crippen molar-refractivity contribution in [1.29, 1.82) is 0 Å². The van der Waals surface area contributed by atoms with Gasteiger partial charge in [0.05, 0.1) is 6.61 Å². The second-order valence-corrected chi connectivity index (χ2v) is 8.95. The molecule has 1 aliphatic carbocycles. The molecule has 0 saturated heterocycles. The van der Waals surface area contributed by atoms with Crippen molar-refractivity contribution in [3.05, 3.63) is 89.5 Å². The molecule has 32 heavy (non-hydrogen) atoms. The minimum Gasteiger partial charge on any atom is -0.494 e. The van der Waals surface area contributed by atoms with E-state index in [1.54, 1.807) is 0 Å². The molecule has 0 spiro atoms. The number of rotatable bonds is 6.